The van der Waals surface area contributed by atoms with Gasteiger partial charge in [0.1, 0.15) is 11.6 Å². The molecule has 1 atom stereocenters. The Morgan fingerprint density at radius 1 is 1.03 bits per heavy atom. The Labute approximate surface area is 211 Å². The number of benzene rings is 2. The van der Waals surface area contributed by atoms with Crippen LogP contribution in [0.15, 0.2) is 36.4 Å². The number of nitrogens with zero attached hydrogens (tertiary/aromatic N) is 2. The highest BCUT2D eigenvalue weighted by Crippen LogP contribution is 2.52. The third-order valence-corrected chi connectivity index (χ3v) is 6.41. The summed E-state index contributed by atoms with van der Waals surface area (Å²) in [5.41, 5.74) is -0.607. The predicted octanol–water partition coefficient (Wildman–Crippen LogP) is 6.58. The zero-order valence-corrected chi connectivity index (χ0v) is 20.9. The number of fused-ring (bicyclic) bond motifs is 1. The number of halogens is 5. The van der Waals surface area contributed by atoms with Crippen molar-refractivity contribution in [3.05, 3.63) is 53.3 Å². The topological polar surface area (TPSA) is 65.5 Å². The minimum Gasteiger partial charge on any atom is -0.493 e. The van der Waals surface area contributed by atoms with Gasteiger partial charge in [-0.3, -0.25) is 0 Å². The SMILES string of the molecule is COCC1(COc2cc3c(N[C@H](C)c4cccc(C(F)(F)F)c4)nc(C)nc3cc2OC)CC(F)(F)C1. The highest BCUT2D eigenvalue weighted by molar-refractivity contribution is 5.92. The molecule has 0 unspecified atom stereocenters. The second-order valence-corrected chi connectivity index (χ2v) is 9.56. The van der Waals surface area contributed by atoms with Gasteiger partial charge in [0.15, 0.2) is 11.5 Å². The standard InChI is InChI=1S/C26H28F5N3O3/c1-15(17-6-5-7-18(8-17)26(29,30)31)32-23-19-9-22(21(36-4)10-20(19)33-16(2)34-23)37-14-24(13-35-3)11-25(27,28)12-24/h5-10,15H,11-14H2,1-4H3,(H,32,33,34)/t15-/m1/s1. The summed E-state index contributed by atoms with van der Waals surface area (Å²) in [4.78, 5) is 8.90. The van der Waals surface area contributed by atoms with Gasteiger partial charge in [0.2, 0.25) is 5.92 Å². The first kappa shape index (κ1) is 26.8. The number of ether oxygens (including phenoxy) is 3. The van der Waals surface area contributed by atoms with Crippen molar-refractivity contribution in [1.82, 2.24) is 9.97 Å². The van der Waals surface area contributed by atoms with Crippen LogP contribution < -0.4 is 14.8 Å². The summed E-state index contributed by atoms with van der Waals surface area (Å²) in [6.45, 7) is 3.54. The number of methoxy groups -OCH3 is 2. The normalized spacial score (nSPS) is 17.2. The van der Waals surface area contributed by atoms with Crippen LogP contribution in [0.2, 0.25) is 0 Å². The largest absolute Gasteiger partial charge is 0.493 e. The van der Waals surface area contributed by atoms with Gasteiger partial charge in [0, 0.05) is 42.9 Å². The Bertz CT molecular complexity index is 1270. The third-order valence-electron chi connectivity index (χ3n) is 6.41. The minimum absolute atomic E-state index is 0.00554. The van der Waals surface area contributed by atoms with Crippen molar-refractivity contribution in [3.63, 3.8) is 0 Å². The number of hydrogen-bond donors (Lipinski definition) is 1. The van der Waals surface area contributed by atoms with Gasteiger partial charge in [-0.25, -0.2) is 18.7 Å². The van der Waals surface area contributed by atoms with Crippen LogP contribution in [-0.2, 0) is 10.9 Å². The van der Waals surface area contributed by atoms with Crippen molar-refractivity contribution >= 4 is 16.7 Å². The van der Waals surface area contributed by atoms with Crippen molar-refractivity contribution < 1.29 is 36.2 Å². The van der Waals surface area contributed by atoms with E-state index in [9.17, 15) is 22.0 Å². The Morgan fingerprint density at radius 3 is 2.38 bits per heavy atom. The fourth-order valence-corrected chi connectivity index (χ4v) is 4.74. The van der Waals surface area contributed by atoms with E-state index in [2.05, 4.69) is 15.3 Å². The van der Waals surface area contributed by atoms with Crippen LogP contribution in [0.1, 0.15) is 42.8 Å². The molecule has 0 spiro atoms. The molecule has 6 nitrogen and oxygen atoms in total. The fourth-order valence-electron chi connectivity index (χ4n) is 4.74. The van der Waals surface area contributed by atoms with Crippen molar-refractivity contribution in [3.8, 4) is 11.5 Å². The summed E-state index contributed by atoms with van der Waals surface area (Å²) in [7, 11) is 2.91. The van der Waals surface area contributed by atoms with Crippen LogP contribution >= 0.6 is 0 Å². The molecule has 1 saturated carbocycles. The maximum atomic E-state index is 13.7. The zero-order valence-electron chi connectivity index (χ0n) is 20.9. The van der Waals surface area contributed by atoms with Crippen LogP contribution in [0, 0.1) is 12.3 Å². The molecule has 4 rings (SSSR count). The molecule has 0 amide bonds. The molecule has 1 aromatic heterocycles. The Kier molecular flexibility index (Phi) is 7.20. The Morgan fingerprint density at radius 2 is 1.76 bits per heavy atom. The van der Waals surface area contributed by atoms with E-state index in [0.717, 1.165) is 12.1 Å². The number of rotatable bonds is 9. The average Bonchev–Trinajstić information content (AvgIpc) is 2.80. The molecule has 37 heavy (non-hydrogen) atoms. The van der Waals surface area contributed by atoms with E-state index in [0.29, 0.717) is 39.6 Å². The quantitative estimate of drug-likeness (QED) is 0.319. The highest BCUT2D eigenvalue weighted by Gasteiger charge is 2.57. The molecule has 0 radical (unpaired) electrons. The molecule has 1 aliphatic rings. The molecule has 0 bridgehead atoms. The molecule has 200 valence electrons. The fraction of sp³-hybridized carbons (Fsp3) is 0.462. The lowest BCUT2D eigenvalue weighted by Crippen LogP contribution is -2.52. The summed E-state index contributed by atoms with van der Waals surface area (Å²) < 4.78 is 83.5. The van der Waals surface area contributed by atoms with Gasteiger partial charge in [-0.2, -0.15) is 13.2 Å². The molecule has 1 heterocycles. The number of aromatic nitrogens is 2. The van der Waals surface area contributed by atoms with Crippen LogP contribution in [0.25, 0.3) is 10.9 Å². The van der Waals surface area contributed by atoms with Crippen LogP contribution in [0.5, 0.6) is 11.5 Å². The van der Waals surface area contributed by atoms with E-state index < -0.39 is 29.1 Å². The van der Waals surface area contributed by atoms with Crippen LogP contribution in [0.4, 0.5) is 27.8 Å². The van der Waals surface area contributed by atoms with Gasteiger partial charge >= 0.3 is 6.18 Å². The third kappa shape index (κ3) is 5.87. The number of alkyl halides is 5. The molecule has 0 saturated heterocycles. The van der Waals surface area contributed by atoms with E-state index >= 15 is 0 Å². The van der Waals surface area contributed by atoms with Gasteiger partial charge in [-0.1, -0.05) is 12.1 Å². The summed E-state index contributed by atoms with van der Waals surface area (Å²) in [6, 6.07) is 7.85. The second kappa shape index (κ2) is 9.92. The molecular formula is C26H28F5N3O3. The Balaban J connectivity index is 1.65. The van der Waals surface area contributed by atoms with Gasteiger partial charge < -0.3 is 19.5 Å². The zero-order chi connectivity index (χ0) is 27.0. The van der Waals surface area contributed by atoms with E-state index in [1.165, 1.54) is 20.3 Å². The molecule has 2 aromatic carbocycles. The Hall–Kier alpha value is -3.21. The monoisotopic (exact) mass is 525 g/mol. The van der Waals surface area contributed by atoms with E-state index in [-0.39, 0.29) is 26.1 Å². The number of anilines is 1. The van der Waals surface area contributed by atoms with E-state index in [4.69, 9.17) is 14.2 Å². The number of hydrogen-bond acceptors (Lipinski definition) is 6. The molecule has 1 fully saturated rings. The lowest BCUT2D eigenvalue weighted by molar-refractivity contribution is -0.190. The lowest BCUT2D eigenvalue weighted by Gasteiger charge is -2.46. The minimum atomic E-state index is -4.46. The summed E-state index contributed by atoms with van der Waals surface area (Å²) in [5, 5.41) is 3.72. The second-order valence-electron chi connectivity index (χ2n) is 9.56. The molecule has 1 N–H and O–H groups in total. The molecule has 0 aliphatic heterocycles. The van der Waals surface area contributed by atoms with Crippen molar-refractivity contribution in [2.24, 2.45) is 5.41 Å². The summed E-state index contributed by atoms with van der Waals surface area (Å²) in [5.74, 6) is -1.25. The number of nitrogens with one attached hydrogen (secondary N) is 1. The molecule has 11 heteroatoms. The predicted molar refractivity (Wildman–Crippen MR) is 128 cm³/mol. The van der Waals surface area contributed by atoms with Gasteiger partial charge in [0.25, 0.3) is 0 Å². The maximum absolute atomic E-state index is 13.7. The van der Waals surface area contributed by atoms with Crippen molar-refractivity contribution in [2.45, 2.75) is 44.8 Å². The number of aryl methyl sites for hydroxylation is 1. The van der Waals surface area contributed by atoms with Crippen molar-refractivity contribution in [2.75, 3.05) is 32.8 Å². The highest BCUT2D eigenvalue weighted by atomic mass is 19.4. The van der Waals surface area contributed by atoms with Gasteiger partial charge in [-0.05, 0) is 37.6 Å². The maximum Gasteiger partial charge on any atom is 0.416 e. The molecular weight excluding hydrogens is 497 g/mol. The summed E-state index contributed by atoms with van der Waals surface area (Å²) in [6.07, 6.45) is -5.14. The van der Waals surface area contributed by atoms with Crippen LogP contribution in [0.3, 0.4) is 0 Å². The van der Waals surface area contributed by atoms with Gasteiger partial charge in [-0.15, -0.1) is 0 Å². The van der Waals surface area contributed by atoms with Crippen molar-refractivity contribution in [1.29, 1.82) is 0 Å². The average molecular weight is 526 g/mol. The first-order valence-electron chi connectivity index (χ1n) is 11.6. The van der Waals surface area contributed by atoms with E-state index in [1.54, 1.807) is 32.0 Å². The van der Waals surface area contributed by atoms with E-state index in [1.807, 2.05) is 0 Å². The smallest absolute Gasteiger partial charge is 0.416 e. The summed E-state index contributed by atoms with van der Waals surface area (Å²) >= 11 is 0. The van der Waals surface area contributed by atoms with Gasteiger partial charge in [0.05, 0.1) is 31.4 Å². The molecule has 1 aliphatic carbocycles. The first-order valence-corrected chi connectivity index (χ1v) is 11.6. The molecule has 3 aromatic rings. The first-order chi connectivity index (χ1) is 17.3. The van der Waals surface area contributed by atoms with Crippen LogP contribution in [-0.4, -0.2) is 43.3 Å². The lowest BCUT2D eigenvalue weighted by atomic mass is 9.67.